The average Bonchev–Trinajstić information content (AvgIpc) is 2.95. The Morgan fingerprint density at radius 1 is 0.867 bits per heavy atom. The van der Waals surface area contributed by atoms with Crippen molar-refractivity contribution in [1.29, 1.82) is 0 Å². The highest BCUT2D eigenvalue weighted by molar-refractivity contribution is 8.04. The summed E-state index contributed by atoms with van der Waals surface area (Å²) in [5.74, 6) is -1.44. The molecule has 2 amide bonds. The van der Waals surface area contributed by atoms with Crippen LogP contribution < -0.4 is 10.2 Å². The van der Waals surface area contributed by atoms with Crippen LogP contribution in [0, 0.1) is 19.7 Å². The third kappa shape index (κ3) is 3.74. The quantitative estimate of drug-likeness (QED) is 0.561. The van der Waals surface area contributed by atoms with Crippen molar-refractivity contribution in [3.8, 4) is 0 Å². The molecule has 150 valence electrons. The van der Waals surface area contributed by atoms with E-state index in [-0.39, 0.29) is 16.3 Å². The molecule has 30 heavy (non-hydrogen) atoms. The first-order valence-electron chi connectivity index (χ1n) is 9.40. The van der Waals surface area contributed by atoms with Gasteiger partial charge in [-0.05, 0) is 49.7 Å². The van der Waals surface area contributed by atoms with Gasteiger partial charge in [0.2, 0.25) is 0 Å². The van der Waals surface area contributed by atoms with Gasteiger partial charge >= 0.3 is 0 Å². The van der Waals surface area contributed by atoms with E-state index in [1.54, 1.807) is 18.2 Å². The van der Waals surface area contributed by atoms with Crippen LogP contribution in [-0.4, -0.2) is 11.8 Å². The standard InChI is InChI=1S/C24H19FN2O2S/c1-15-12-13-20(16(2)14-15)27-23(28)21(26-19-11-7-6-10-18(19)25)22(24(27)29)30-17-8-4-3-5-9-17/h3-14,26H,1-2H3. The molecule has 0 saturated carbocycles. The van der Waals surface area contributed by atoms with Gasteiger partial charge < -0.3 is 5.32 Å². The Labute approximate surface area is 178 Å². The molecular formula is C24H19FN2O2S. The second-order valence-electron chi connectivity index (χ2n) is 6.96. The predicted molar refractivity (Wildman–Crippen MR) is 118 cm³/mol. The predicted octanol–water partition coefficient (Wildman–Crippen LogP) is 5.43. The number of nitrogens with one attached hydrogen (secondary N) is 1. The first-order valence-corrected chi connectivity index (χ1v) is 10.2. The molecule has 1 N–H and O–H groups in total. The molecule has 1 aliphatic rings. The summed E-state index contributed by atoms with van der Waals surface area (Å²) in [6, 6.07) is 20.9. The number of benzene rings is 3. The SMILES string of the molecule is Cc1ccc(N2C(=O)C(Nc3ccccc3F)=C(Sc3ccccc3)C2=O)c(C)c1. The summed E-state index contributed by atoms with van der Waals surface area (Å²) in [5, 5.41) is 2.86. The number of aryl methyl sites for hydroxylation is 2. The monoisotopic (exact) mass is 418 g/mol. The van der Waals surface area contributed by atoms with Crippen molar-refractivity contribution >= 4 is 35.0 Å². The number of anilines is 2. The maximum Gasteiger partial charge on any atom is 0.283 e. The Bertz CT molecular complexity index is 1170. The van der Waals surface area contributed by atoms with E-state index in [1.165, 1.54) is 23.9 Å². The Hall–Kier alpha value is -3.38. The zero-order valence-corrected chi connectivity index (χ0v) is 17.3. The largest absolute Gasteiger partial charge is 0.348 e. The molecule has 0 unspecified atom stereocenters. The summed E-state index contributed by atoms with van der Waals surface area (Å²) in [7, 11) is 0. The summed E-state index contributed by atoms with van der Waals surface area (Å²) >= 11 is 1.19. The van der Waals surface area contributed by atoms with Crippen molar-refractivity contribution < 1.29 is 14.0 Å². The molecule has 0 spiro atoms. The lowest BCUT2D eigenvalue weighted by Crippen LogP contribution is -2.33. The van der Waals surface area contributed by atoms with E-state index in [1.807, 2.05) is 56.3 Å². The van der Waals surface area contributed by atoms with Crippen molar-refractivity contribution in [3.63, 3.8) is 0 Å². The third-order valence-corrected chi connectivity index (χ3v) is 5.82. The lowest BCUT2D eigenvalue weighted by Gasteiger charge is -2.18. The number of imide groups is 1. The fourth-order valence-corrected chi connectivity index (χ4v) is 4.24. The summed E-state index contributed by atoms with van der Waals surface area (Å²) in [6.45, 7) is 3.81. The number of thioether (sulfide) groups is 1. The number of hydrogen-bond acceptors (Lipinski definition) is 4. The number of para-hydroxylation sites is 1. The van der Waals surface area contributed by atoms with Gasteiger partial charge in [0.05, 0.1) is 11.4 Å². The van der Waals surface area contributed by atoms with Crippen molar-refractivity contribution in [1.82, 2.24) is 0 Å². The molecule has 3 aromatic rings. The normalized spacial score (nSPS) is 13.9. The molecule has 0 atom stereocenters. The molecule has 4 rings (SSSR count). The maximum atomic E-state index is 14.2. The molecule has 0 saturated heterocycles. The van der Waals surface area contributed by atoms with Crippen LogP contribution in [0.15, 0.2) is 88.3 Å². The van der Waals surface area contributed by atoms with Crippen LogP contribution in [0.5, 0.6) is 0 Å². The van der Waals surface area contributed by atoms with E-state index < -0.39 is 17.6 Å². The van der Waals surface area contributed by atoms with Gasteiger partial charge in [0.1, 0.15) is 16.4 Å². The van der Waals surface area contributed by atoms with E-state index in [0.717, 1.165) is 20.9 Å². The first kappa shape index (κ1) is 19.9. The van der Waals surface area contributed by atoms with E-state index in [0.29, 0.717) is 5.69 Å². The topological polar surface area (TPSA) is 49.4 Å². The van der Waals surface area contributed by atoms with Crippen LogP contribution in [0.4, 0.5) is 15.8 Å². The number of carbonyl (C=O) groups excluding carboxylic acids is 2. The summed E-state index contributed by atoms with van der Waals surface area (Å²) in [6.07, 6.45) is 0. The van der Waals surface area contributed by atoms with Crippen LogP contribution >= 0.6 is 11.8 Å². The van der Waals surface area contributed by atoms with Crippen molar-refractivity contribution in [2.75, 3.05) is 10.2 Å². The van der Waals surface area contributed by atoms with Crippen molar-refractivity contribution in [3.05, 3.63) is 100 Å². The van der Waals surface area contributed by atoms with E-state index in [9.17, 15) is 14.0 Å². The molecule has 0 aromatic heterocycles. The van der Waals surface area contributed by atoms with Crippen LogP contribution in [0.3, 0.4) is 0 Å². The Balaban J connectivity index is 1.78. The molecule has 0 aliphatic carbocycles. The fraction of sp³-hybridized carbons (Fsp3) is 0.0833. The minimum atomic E-state index is -0.506. The fourth-order valence-electron chi connectivity index (χ4n) is 3.29. The number of rotatable bonds is 5. The molecule has 0 fully saturated rings. The van der Waals surface area contributed by atoms with Gasteiger partial charge in [0, 0.05) is 4.90 Å². The summed E-state index contributed by atoms with van der Waals surface area (Å²) < 4.78 is 14.2. The number of halogens is 1. The van der Waals surface area contributed by atoms with Crippen molar-refractivity contribution in [2.24, 2.45) is 0 Å². The highest BCUT2D eigenvalue weighted by Crippen LogP contribution is 2.38. The Morgan fingerprint density at radius 3 is 2.27 bits per heavy atom. The van der Waals surface area contributed by atoms with Crippen LogP contribution in [0.25, 0.3) is 0 Å². The Kier molecular flexibility index (Phi) is 5.42. The summed E-state index contributed by atoms with van der Waals surface area (Å²) in [4.78, 5) is 28.9. The van der Waals surface area contributed by atoms with Gasteiger partial charge in [-0.3, -0.25) is 9.59 Å². The van der Waals surface area contributed by atoms with Gasteiger partial charge in [-0.2, -0.15) is 0 Å². The van der Waals surface area contributed by atoms with E-state index >= 15 is 0 Å². The van der Waals surface area contributed by atoms with Gasteiger partial charge in [-0.15, -0.1) is 0 Å². The first-order chi connectivity index (χ1) is 14.5. The minimum Gasteiger partial charge on any atom is -0.348 e. The van der Waals surface area contributed by atoms with Gasteiger partial charge in [0.15, 0.2) is 0 Å². The lowest BCUT2D eigenvalue weighted by atomic mass is 10.1. The summed E-state index contributed by atoms with van der Waals surface area (Å²) in [5.41, 5.74) is 2.58. The van der Waals surface area contributed by atoms with Gasteiger partial charge in [-0.25, -0.2) is 9.29 Å². The third-order valence-electron chi connectivity index (χ3n) is 4.73. The average molecular weight is 418 g/mol. The van der Waals surface area contributed by atoms with Gasteiger partial charge in [-0.1, -0.05) is 59.8 Å². The van der Waals surface area contributed by atoms with Crippen molar-refractivity contribution in [2.45, 2.75) is 18.7 Å². The van der Waals surface area contributed by atoms with Crippen LogP contribution in [0.2, 0.25) is 0 Å². The molecule has 3 aromatic carbocycles. The second-order valence-corrected chi connectivity index (χ2v) is 8.04. The zero-order chi connectivity index (χ0) is 21.3. The smallest absolute Gasteiger partial charge is 0.283 e. The number of nitrogens with zero attached hydrogens (tertiary/aromatic N) is 1. The highest BCUT2D eigenvalue weighted by Gasteiger charge is 2.41. The lowest BCUT2D eigenvalue weighted by molar-refractivity contribution is -0.120. The number of carbonyl (C=O) groups is 2. The highest BCUT2D eigenvalue weighted by atomic mass is 32.2. The second kappa shape index (κ2) is 8.16. The Morgan fingerprint density at radius 2 is 1.57 bits per heavy atom. The van der Waals surface area contributed by atoms with Gasteiger partial charge in [0.25, 0.3) is 11.8 Å². The number of hydrogen-bond donors (Lipinski definition) is 1. The minimum absolute atomic E-state index is 0.0685. The van der Waals surface area contributed by atoms with E-state index in [2.05, 4.69) is 5.32 Å². The van der Waals surface area contributed by atoms with Crippen LogP contribution in [-0.2, 0) is 9.59 Å². The van der Waals surface area contributed by atoms with E-state index in [4.69, 9.17) is 0 Å². The molecule has 0 radical (unpaired) electrons. The van der Waals surface area contributed by atoms with Crippen LogP contribution in [0.1, 0.15) is 11.1 Å². The molecule has 1 aliphatic heterocycles. The number of amides is 2. The maximum absolute atomic E-state index is 14.2. The molecule has 1 heterocycles. The molecule has 4 nitrogen and oxygen atoms in total. The zero-order valence-electron chi connectivity index (χ0n) is 16.5. The molecule has 6 heteroatoms. The molecular weight excluding hydrogens is 399 g/mol. The molecule has 0 bridgehead atoms.